The first-order valence-electron chi connectivity index (χ1n) is 6.89. The number of amides is 1. The molecule has 0 aromatic heterocycles. The van der Waals surface area contributed by atoms with Crippen LogP contribution in [0.5, 0.6) is 0 Å². The van der Waals surface area contributed by atoms with Gasteiger partial charge in [-0.05, 0) is 25.1 Å². The lowest BCUT2D eigenvalue weighted by Crippen LogP contribution is -2.27. The molecule has 0 spiro atoms. The Labute approximate surface area is 129 Å². The number of rotatable bonds is 7. The van der Waals surface area contributed by atoms with Gasteiger partial charge in [-0.1, -0.05) is 13.0 Å². The van der Waals surface area contributed by atoms with Gasteiger partial charge in [0.1, 0.15) is 15.9 Å². The predicted molar refractivity (Wildman–Crippen MR) is 86.5 cm³/mol. The van der Waals surface area contributed by atoms with E-state index in [1.807, 2.05) is 18.2 Å². The van der Waals surface area contributed by atoms with Crippen molar-refractivity contribution in [1.29, 1.82) is 0 Å². The molecule has 1 aromatic rings. The summed E-state index contributed by atoms with van der Waals surface area (Å²) in [6, 6.07) is 5.50. The van der Waals surface area contributed by atoms with Crippen LogP contribution in [0.1, 0.15) is 24.9 Å². The summed E-state index contributed by atoms with van der Waals surface area (Å²) in [6.07, 6.45) is 2.21. The first-order chi connectivity index (χ1) is 9.90. The summed E-state index contributed by atoms with van der Waals surface area (Å²) in [5.41, 5.74) is 1.78. The number of hydrogen-bond acceptors (Lipinski definition) is 5. The fourth-order valence-electron chi connectivity index (χ4n) is 2.13. The molecule has 21 heavy (non-hydrogen) atoms. The molecule has 1 aliphatic heterocycles. The summed E-state index contributed by atoms with van der Waals surface area (Å²) in [4.78, 5) is 12.9. The van der Waals surface area contributed by atoms with Gasteiger partial charge in [0.15, 0.2) is 0 Å². The Morgan fingerprint density at radius 1 is 1.38 bits per heavy atom. The molecule has 1 aromatic carbocycles. The van der Waals surface area contributed by atoms with Crippen molar-refractivity contribution >= 4 is 33.2 Å². The third-order valence-corrected chi connectivity index (χ3v) is 5.38. The van der Waals surface area contributed by atoms with Crippen molar-refractivity contribution in [2.24, 2.45) is 0 Å². The highest BCUT2D eigenvalue weighted by atomic mass is 32.2. The smallest absolute Gasteiger partial charge is 0.246 e. The van der Waals surface area contributed by atoms with Crippen LogP contribution in [0, 0.1) is 0 Å². The lowest BCUT2D eigenvalue weighted by molar-refractivity contribution is -0.117. The van der Waals surface area contributed by atoms with Gasteiger partial charge < -0.3 is 10.6 Å². The van der Waals surface area contributed by atoms with Crippen LogP contribution in [0.3, 0.4) is 0 Å². The van der Waals surface area contributed by atoms with Crippen molar-refractivity contribution in [2.75, 3.05) is 29.6 Å². The van der Waals surface area contributed by atoms with E-state index in [0.717, 1.165) is 29.1 Å². The van der Waals surface area contributed by atoms with Gasteiger partial charge in [-0.3, -0.25) is 4.79 Å². The van der Waals surface area contributed by atoms with Crippen LogP contribution in [0.4, 0.5) is 5.69 Å². The van der Waals surface area contributed by atoms with Crippen LogP contribution in [0.2, 0.25) is 0 Å². The SMILES string of the molecule is CCCNC1C(=O)Nc2cc(SCCS(C)(=O)=O)ccc21. The van der Waals surface area contributed by atoms with E-state index in [2.05, 4.69) is 17.6 Å². The third-order valence-electron chi connectivity index (χ3n) is 3.18. The maximum atomic E-state index is 11.9. The van der Waals surface area contributed by atoms with E-state index in [4.69, 9.17) is 0 Å². The van der Waals surface area contributed by atoms with Crippen LogP contribution in [-0.2, 0) is 14.6 Å². The molecule has 1 heterocycles. The Kier molecular flexibility index (Phi) is 5.29. The van der Waals surface area contributed by atoms with E-state index in [1.54, 1.807) is 0 Å². The zero-order valence-electron chi connectivity index (χ0n) is 12.2. The average molecular weight is 328 g/mol. The van der Waals surface area contributed by atoms with Crippen LogP contribution >= 0.6 is 11.8 Å². The monoisotopic (exact) mass is 328 g/mol. The molecule has 2 rings (SSSR count). The molecule has 5 nitrogen and oxygen atoms in total. The van der Waals surface area contributed by atoms with Crippen molar-refractivity contribution < 1.29 is 13.2 Å². The van der Waals surface area contributed by atoms with Gasteiger partial charge in [-0.2, -0.15) is 0 Å². The van der Waals surface area contributed by atoms with Gasteiger partial charge in [-0.15, -0.1) is 11.8 Å². The highest BCUT2D eigenvalue weighted by Gasteiger charge is 2.29. The summed E-state index contributed by atoms with van der Waals surface area (Å²) in [6.45, 7) is 2.85. The Morgan fingerprint density at radius 3 is 2.81 bits per heavy atom. The molecule has 0 saturated heterocycles. The Morgan fingerprint density at radius 2 is 2.14 bits per heavy atom. The highest BCUT2D eigenvalue weighted by molar-refractivity contribution is 8.00. The normalized spacial score (nSPS) is 17.6. The number of benzene rings is 1. The second-order valence-corrected chi connectivity index (χ2v) is 8.53. The first-order valence-corrected chi connectivity index (χ1v) is 9.94. The molecule has 1 atom stereocenters. The van der Waals surface area contributed by atoms with Crippen LogP contribution in [0.25, 0.3) is 0 Å². The number of fused-ring (bicyclic) bond motifs is 1. The Balaban J connectivity index is 2.04. The minimum Gasteiger partial charge on any atom is -0.324 e. The van der Waals surface area contributed by atoms with Gasteiger partial charge in [0.05, 0.1) is 5.75 Å². The quantitative estimate of drug-likeness (QED) is 0.747. The predicted octanol–water partition coefficient (Wildman–Crippen LogP) is 1.82. The lowest BCUT2D eigenvalue weighted by atomic mass is 10.1. The first kappa shape index (κ1) is 16.3. The Bertz CT molecular complexity index is 629. The standard InChI is InChI=1S/C14H20N2O3S2/c1-3-6-15-13-11-5-4-10(9-12(11)16-14(13)17)20-7-8-21(2,18)19/h4-5,9,13,15H,3,6-8H2,1-2H3,(H,16,17). The second kappa shape index (κ2) is 6.81. The number of nitrogens with one attached hydrogen (secondary N) is 2. The van der Waals surface area contributed by atoms with Gasteiger partial charge in [0.2, 0.25) is 5.91 Å². The molecule has 1 unspecified atom stereocenters. The Hall–Kier alpha value is -1.05. The second-order valence-electron chi connectivity index (χ2n) is 5.10. The summed E-state index contributed by atoms with van der Waals surface area (Å²) < 4.78 is 22.2. The molecule has 1 amide bonds. The van der Waals surface area contributed by atoms with Crippen molar-refractivity contribution in [1.82, 2.24) is 5.32 Å². The summed E-state index contributed by atoms with van der Waals surface area (Å²) in [7, 11) is -2.93. The van der Waals surface area contributed by atoms with E-state index in [9.17, 15) is 13.2 Å². The van der Waals surface area contributed by atoms with Crippen molar-refractivity contribution in [3.8, 4) is 0 Å². The minimum absolute atomic E-state index is 0.0308. The zero-order valence-corrected chi connectivity index (χ0v) is 13.8. The van der Waals surface area contributed by atoms with E-state index < -0.39 is 9.84 Å². The number of carbonyl (C=O) groups excluding carboxylic acids is 1. The molecule has 7 heteroatoms. The number of carbonyl (C=O) groups is 1. The van der Waals surface area contributed by atoms with Crippen LogP contribution < -0.4 is 10.6 Å². The molecule has 1 aliphatic rings. The summed E-state index contributed by atoms with van der Waals surface area (Å²) >= 11 is 1.48. The number of thioether (sulfide) groups is 1. The molecule has 0 radical (unpaired) electrons. The molecule has 0 saturated carbocycles. The molecule has 0 bridgehead atoms. The van der Waals surface area contributed by atoms with Crippen LogP contribution in [0.15, 0.2) is 23.1 Å². The maximum Gasteiger partial charge on any atom is 0.246 e. The van der Waals surface area contributed by atoms with E-state index in [0.29, 0.717) is 5.75 Å². The van der Waals surface area contributed by atoms with E-state index in [-0.39, 0.29) is 17.7 Å². The number of hydrogen-bond donors (Lipinski definition) is 2. The maximum absolute atomic E-state index is 11.9. The molecule has 116 valence electrons. The van der Waals surface area contributed by atoms with Crippen molar-refractivity contribution in [3.05, 3.63) is 23.8 Å². The van der Waals surface area contributed by atoms with Crippen LogP contribution in [-0.4, -0.2) is 38.6 Å². The molecular weight excluding hydrogens is 308 g/mol. The summed E-state index contributed by atoms with van der Waals surface area (Å²) in [5, 5.41) is 6.09. The van der Waals surface area contributed by atoms with Crippen molar-refractivity contribution in [3.63, 3.8) is 0 Å². The number of sulfone groups is 1. The van der Waals surface area contributed by atoms with Gasteiger partial charge in [-0.25, -0.2) is 8.42 Å². The fourth-order valence-corrected chi connectivity index (χ4v) is 4.28. The summed E-state index contributed by atoms with van der Waals surface area (Å²) in [5.74, 6) is 0.641. The zero-order chi connectivity index (χ0) is 15.5. The lowest BCUT2D eigenvalue weighted by Gasteiger charge is -2.10. The van der Waals surface area contributed by atoms with Crippen molar-refractivity contribution in [2.45, 2.75) is 24.3 Å². The topological polar surface area (TPSA) is 75.3 Å². The van der Waals surface area contributed by atoms with Gasteiger partial charge >= 0.3 is 0 Å². The average Bonchev–Trinajstić information content (AvgIpc) is 2.70. The largest absolute Gasteiger partial charge is 0.324 e. The third kappa shape index (κ3) is 4.46. The number of anilines is 1. The molecular formula is C14H20N2O3S2. The van der Waals surface area contributed by atoms with Gasteiger partial charge in [0, 0.05) is 28.2 Å². The molecule has 2 N–H and O–H groups in total. The molecule has 0 aliphatic carbocycles. The van der Waals surface area contributed by atoms with Gasteiger partial charge in [0.25, 0.3) is 0 Å². The minimum atomic E-state index is -2.93. The fraction of sp³-hybridized carbons (Fsp3) is 0.500. The van der Waals surface area contributed by atoms with E-state index >= 15 is 0 Å². The highest BCUT2D eigenvalue weighted by Crippen LogP contribution is 2.34. The molecule has 0 fully saturated rings. The van der Waals surface area contributed by atoms with E-state index in [1.165, 1.54) is 18.0 Å².